The van der Waals surface area contributed by atoms with Crippen LogP contribution in [0.4, 0.5) is 0 Å². The van der Waals surface area contributed by atoms with Gasteiger partial charge in [-0.1, -0.05) is 24.3 Å². The van der Waals surface area contributed by atoms with E-state index in [0.29, 0.717) is 27.2 Å². The fourth-order valence-electron chi connectivity index (χ4n) is 3.50. The van der Waals surface area contributed by atoms with Crippen LogP contribution in [0.5, 0.6) is 5.75 Å². The number of hydrogen-bond donors (Lipinski definition) is 1. The van der Waals surface area contributed by atoms with Crippen LogP contribution >= 0.6 is 11.3 Å². The molecule has 2 heterocycles. The third-order valence-electron chi connectivity index (χ3n) is 4.93. The van der Waals surface area contributed by atoms with Crippen molar-refractivity contribution < 1.29 is 14.6 Å². The first-order valence-electron chi connectivity index (χ1n) is 9.25. The second-order valence-corrected chi connectivity index (χ2v) is 7.73. The highest BCUT2D eigenvalue weighted by Crippen LogP contribution is 2.32. The number of benzene rings is 2. The minimum Gasteiger partial charge on any atom is -0.497 e. The van der Waals surface area contributed by atoms with Crippen LogP contribution in [0.25, 0.3) is 10.8 Å². The Kier molecular flexibility index (Phi) is 5.33. The highest BCUT2D eigenvalue weighted by Gasteiger charge is 2.26. The van der Waals surface area contributed by atoms with Crippen LogP contribution in [-0.4, -0.2) is 33.0 Å². The molecule has 0 saturated heterocycles. The molecule has 1 atom stereocenters. The van der Waals surface area contributed by atoms with E-state index < -0.39 is 12.0 Å². The van der Waals surface area contributed by atoms with Crippen LogP contribution in [0.1, 0.15) is 27.9 Å². The third kappa shape index (κ3) is 3.57. The molecule has 0 spiro atoms. The number of ether oxygens (including phenoxy) is 1. The summed E-state index contributed by atoms with van der Waals surface area (Å²) in [6, 6.07) is 12.0. The summed E-state index contributed by atoms with van der Waals surface area (Å²) < 4.78 is 6.74. The highest BCUT2D eigenvalue weighted by molar-refractivity contribution is 7.09. The van der Waals surface area contributed by atoms with Crippen molar-refractivity contribution in [2.75, 3.05) is 7.11 Å². The van der Waals surface area contributed by atoms with Gasteiger partial charge in [-0.2, -0.15) is 5.10 Å². The number of aliphatic carboxylic acids is 1. The third-order valence-corrected chi connectivity index (χ3v) is 5.76. The largest absolute Gasteiger partial charge is 0.497 e. The average Bonchev–Trinajstić information content (AvgIpc) is 3.27. The molecular weight excluding hydrogens is 402 g/mol. The predicted octanol–water partition coefficient (Wildman–Crippen LogP) is 3.43. The van der Waals surface area contributed by atoms with E-state index in [0.717, 1.165) is 11.1 Å². The molecule has 0 bridgehead atoms. The zero-order valence-corrected chi connectivity index (χ0v) is 17.2. The van der Waals surface area contributed by atoms with E-state index in [-0.39, 0.29) is 12.0 Å². The molecule has 4 rings (SSSR count). The Bertz CT molecular complexity index is 1280. The molecule has 2 aromatic heterocycles. The number of aromatic nitrogens is 3. The SMILES string of the molecule is COc1ccc(C)c(C(c2nccs2)n2nc(CC(=O)O)c3ccccc3c2=O)c1. The van der Waals surface area contributed by atoms with Gasteiger partial charge in [0.2, 0.25) is 0 Å². The van der Waals surface area contributed by atoms with Gasteiger partial charge in [-0.3, -0.25) is 9.59 Å². The molecular formula is C22H19N3O4S. The van der Waals surface area contributed by atoms with Gasteiger partial charge in [0.25, 0.3) is 5.56 Å². The number of rotatable bonds is 6. The van der Waals surface area contributed by atoms with Crippen molar-refractivity contribution in [1.82, 2.24) is 14.8 Å². The van der Waals surface area contributed by atoms with Gasteiger partial charge in [-0.05, 0) is 36.2 Å². The zero-order chi connectivity index (χ0) is 21.3. The second-order valence-electron chi connectivity index (χ2n) is 6.81. The minimum absolute atomic E-state index is 0.289. The predicted molar refractivity (Wildman–Crippen MR) is 114 cm³/mol. The van der Waals surface area contributed by atoms with E-state index in [1.165, 1.54) is 16.0 Å². The maximum absolute atomic E-state index is 13.4. The van der Waals surface area contributed by atoms with E-state index in [1.54, 1.807) is 37.6 Å². The summed E-state index contributed by atoms with van der Waals surface area (Å²) in [6.07, 6.45) is 1.38. The van der Waals surface area contributed by atoms with Crippen molar-refractivity contribution in [2.24, 2.45) is 0 Å². The lowest BCUT2D eigenvalue weighted by Crippen LogP contribution is -2.31. The lowest BCUT2D eigenvalue weighted by molar-refractivity contribution is -0.136. The number of aryl methyl sites for hydroxylation is 1. The Labute approximate surface area is 176 Å². The van der Waals surface area contributed by atoms with E-state index >= 15 is 0 Å². The number of carbonyl (C=O) groups is 1. The summed E-state index contributed by atoms with van der Waals surface area (Å²) in [5.41, 5.74) is 1.79. The van der Waals surface area contributed by atoms with E-state index in [1.807, 2.05) is 30.5 Å². The van der Waals surface area contributed by atoms with E-state index in [9.17, 15) is 14.7 Å². The summed E-state index contributed by atoms with van der Waals surface area (Å²) in [7, 11) is 1.58. The molecule has 0 aliphatic rings. The van der Waals surface area contributed by atoms with Gasteiger partial charge in [0.1, 0.15) is 16.8 Å². The van der Waals surface area contributed by atoms with Crippen LogP contribution in [0.15, 0.2) is 58.8 Å². The first-order valence-corrected chi connectivity index (χ1v) is 10.1. The Balaban J connectivity index is 2.04. The number of carboxylic acids is 1. The van der Waals surface area contributed by atoms with E-state index in [2.05, 4.69) is 10.1 Å². The molecule has 30 heavy (non-hydrogen) atoms. The molecule has 0 aliphatic heterocycles. The minimum atomic E-state index is -1.01. The second kappa shape index (κ2) is 8.08. The fraction of sp³-hybridized carbons (Fsp3) is 0.182. The standard InChI is InChI=1S/C22H19N3O4S/c1-13-7-8-14(29-2)11-17(13)20(21-23-9-10-30-21)25-22(28)16-6-4-3-5-15(16)18(24-25)12-19(26)27/h3-11,20H,12H2,1-2H3,(H,26,27). The maximum Gasteiger partial charge on any atom is 0.309 e. The molecule has 7 nitrogen and oxygen atoms in total. The van der Waals surface area contributed by atoms with Gasteiger partial charge in [-0.25, -0.2) is 9.67 Å². The van der Waals surface area contributed by atoms with Gasteiger partial charge in [-0.15, -0.1) is 11.3 Å². The molecule has 0 saturated carbocycles. The van der Waals surface area contributed by atoms with Crippen LogP contribution in [0.3, 0.4) is 0 Å². The Morgan fingerprint density at radius 1 is 1.23 bits per heavy atom. The normalized spacial score (nSPS) is 12.1. The van der Waals surface area contributed by atoms with Crippen molar-refractivity contribution in [3.05, 3.63) is 86.2 Å². The smallest absolute Gasteiger partial charge is 0.309 e. The van der Waals surface area contributed by atoms with Crippen LogP contribution < -0.4 is 10.3 Å². The Morgan fingerprint density at radius 3 is 2.67 bits per heavy atom. The van der Waals surface area contributed by atoms with Crippen LogP contribution in [0.2, 0.25) is 0 Å². The molecule has 2 aromatic carbocycles. The van der Waals surface area contributed by atoms with Crippen molar-refractivity contribution in [1.29, 1.82) is 0 Å². The monoisotopic (exact) mass is 421 g/mol. The molecule has 0 aliphatic carbocycles. The maximum atomic E-state index is 13.4. The molecule has 1 N–H and O–H groups in total. The van der Waals surface area contributed by atoms with E-state index in [4.69, 9.17) is 4.74 Å². The Hall–Kier alpha value is -3.52. The summed E-state index contributed by atoms with van der Waals surface area (Å²) in [5.74, 6) is -0.363. The number of hydrogen-bond acceptors (Lipinski definition) is 6. The fourth-order valence-corrected chi connectivity index (χ4v) is 4.24. The van der Waals surface area contributed by atoms with Gasteiger partial charge >= 0.3 is 5.97 Å². The Morgan fingerprint density at radius 2 is 2.00 bits per heavy atom. The van der Waals surface area contributed by atoms with Crippen LogP contribution in [0, 0.1) is 6.92 Å². The lowest BCUT2D eigenvalue weighted by atomic mass is 10.0. The van der Waals surface area contributed by atoms with Crippen molar-refractivity contribution >= 4 is 28.1 Å². The number of carboxylic acid groups (broad SMARTS) is 1. The number of nitrogens with zero attached hydrogens (tertiary/aromatic N) is 3. The molecule has 1 unspecified atom stereocenters. The quantitative estimate of drug-likeness (QED) is 0.513. The highest BCUT2D eigenvalue weighted by atomic mass is 32.1. The summed E-state index contributed by atoms with van der Waals surface area (Å²) in [5, 5.41) is 17.4. The molecule has 8 heteroatoms. The van der Waals surface area contributed by atoms with Crippen molar-refractivity contribution in [3.8, 4) is 5.75 Å². The van der Waals surface area contributed by atoms with Gasteiger partial charge in [0.05, 0.1) is 24.6 Å². The van der Waals surface area contributed by atoms with Gasteiger partial charge in [0, 0.05) is 17.0 Å². The zero-order valence-electron chi connectivity index (χ0n) is 16.4. The molecule has 0 amide bonds. The van der Waals surface area contributed by atoms with Crippen molar-refractivity contribution in [3.63, 3.8) is 0 Å². The lowest BCUT2D eigenvalue weighted by Gasteiger charge is -2.21. The molecule has 152 valence electrons. The molecule has 0 fully saturated rings. The first-order chi connectivity index (χ1) is 14.5. The van der Waals surface area contributed by atoms with Gasteiger partial charge in [0.15, 0.2) is 0 Å². The first kappa shape index (κ1) is 19.8. The number of fused-ring (bicyclic) bond motifs is 1. The van der Waals surface area contributed by atoms with Crippen LogP contribution in [-0.2, 0) is 11.2 Å². The summed E-state index contributed by atoms with van der Waals surface area (Å²) in [4.78, 5) is 29.3. The van der Waals surface area contributed by atoms with Crippen molar-refractivity contribution in [2.45, 2.75) is 19.4 Å². The topological polar surface area (TPSA) is 94.3 Å². The summed E-state index contributed by atoms with van der Waals surface area (Å²) in [6.45, 7) is 1.94. The average molecular weight is 421 g/mol. The number of thiazole rings is 1. The molecule has 0 radical (unpaired) electrons. The number of methoxy groups -OCH3 is 1. The molecule has 4 aromatic rings. The van der Waals surface area contributed by atoms with Gasteiger partial charge < -0.3 is 9.84 Å². The summed E-state index contributed by atoms with van der Waals surface area (Å²) >= 11 is 1.41.